The van der Waals surface area contributed by atoms with Crippen molar-refractivity contribution < 1.29 is 33.3 Å². The second kappa shape index (κ2) is 10.7. The first-order valence-electron chi connectivity index (χ1n) is 12.6. The van der Waals surface area contributed by atoms with E-state index in [-0.39, 0.29) is 6.10 Å². The first kappa shape index (κ1) is 26.1. The van der Waals surface area contributed by atoms with Gasteiger partial charge in [0, 0.05) is 31.3 Å². The standard InChI is InChI=1S/C29H30F2N2O5/c1-16(29(35)36)28(34)19-4-3-17-6-8-25(38-26(17)10-19)18-5-7-22(20(9-18)13-33-14-21(30)15-33)23-11-27(37-2)32-12-24(23)31/h3-5,7,9-12,16,21,25,28,34H,6,8,13-15H2,1-2H3,(H,35,36)/t16-,25?,28+/m0/s1. The topological polar surface area (TPSA) is 92.1 Å². The van der Waals surface area contributed by atoms with Gasteiger partial charge in [0.05, 0.1) is 25.3 Å². The first-order valence-corrected chi connectivity index (χ1v) is 12.6. The number of hydrogen-bond donors (Lipinski definition) is 2. The minimum atomic E-state index is -1.16. The van der Waals surface area contributed by atoms with Gasteiger partial charge in [0.1, 0.15) is 23.8 Å². The van der Waals surface area contributed by atoms with Crippen molar-refractivity contribution in [2.24, 2.45) is 5.92 Å². The van der Waals surface area contributed by atoms with Crippen LogP contribution in [0.15, 0.2) is 48.7 Å². The van der Waals surface area contributed by atoms with E-state index in [9.17, 15) is 23.8 Å². The zero-order chi connectivity index (χ0) is 27.0. The van der Waals surface area contributed by atoms with Crippen molar-refractivity contribution in [3.05, 3.63) is 76.7 Å². The predicted molar refractivity (Wildman–Crippen MR) is 136 cm³/mol. The molecule has 7 nitrogen and oxygen atoms in total. The highest BCUT2D eigenvalue weighted by molar-refractivity contribution is 5.71. The first-order chi connectivity index (χ1) is 18.2. The molecule has 5 rings (SSSR count). The highest BCUT2D eigenvalue weighted by Crippen LogP contribution is 2.39. The monoisotopic (exact) mass is 524 g/mol. The Balaban J connectivity index is 1.45. The van der Waals surface area contributed by atoms with Crippen LogP contribution in [-0.2, 0) is 17.8 Å². The summed E-state index contributed by atoms with van der Waals surface area (Å²) < 4.78 is 39.9. The molecular weight excluding hydrogens is 494 g/mol. The highest BCUT2D eigenvalue weighted by Gasteiger charge is 2.29. The summed E-state index contributed by atoms with van der Waals surface area (Å²) in [5.41, 5.74) is 4.25. The van der Waals surface area contributed by atoms with Gasteiger partial charge < -0.3 is 19.7 Å². The van der Waals surface area contributed by atoms with Gasteiger partial charge in [-0.25, -0.2) is 13.8 Å². The third-order valence-corrected chi connectivity index (χ3v) is 7.38. The maximum absolute atomic E-state index is 14.8. The van der Waals surface area contributed by atoms with Gasteiger partial charge in [0.15, 0.2) is 0 Å². The Kier molecular flexibility index (Phi) is 7.32. The number of halogens is 2. The molecule has 2 N–H and O–H groups in total. The molecule has 2 aromatic carbocycles. The van der Waals surface area contributed by atoms with Crippen LogP contribution in [0.2, 0.25) is 0 Å². The number of carboxylic acid groups (broad SMARTS) is 1. The summed E-state index contributed by atoms with van der Waals surface area (Å²) in [5, 5.41) is 19.8. The van der Waals surface area contributed by atoms with Crippen molar-refractivity contribution in [1.82, 2.24) is 9.88 Å². The number of carboxylic acids is 1. The lowest BCUT2D eigenvalue weighted by molar-refractivity contribution is -0.145. The van der Waals surface area contributed by atoms with Gasteiger partial charge in [0.25, 0.3) is 0 Å². The van der Waals surface area contributed by atoms with Crippen molar-refractivity contribution in [3.8, 4) is 22.8 Å². The summed E-state index contributed by atoms with van der Waals surface area (Å²) in [6.07, 6.45) is 0.287. The number of aliphatic hydroxyl groups excluding tert-OH is 1. The molecule has 1 saturated heterocycles. The molecule has 0 spiro atoms. The normalized spacial score (nSPS) is 19.1. The second-order valence-corrected chi connectivity index (χ2v) is 10.00. The third kappa shape index (κ3) is 5.21. The number of pyridine rings is 1. The molecule has 3 aromatic rings. The average Bonchev–Trinajstić information content (AvgIpc) is 2.91. The molecule has 38 heavy (non-hydrogen) atoms. The van der Waals surface area contributed by atoms with Crippen LogP contribution in [0.25, 0.3) is 11.1 Å². The fraction of sp³-hybridized carbons (Fsp3) is 0.379. The van der Waals surface area contributed by atoms with Crippen molar-refractivity contribution in [3.63, 3.8) is 0 Å². The van der Waals surface area contributed by atoms with Crippen LogP contribution in [0, 0.1) is 11.7 Å². The van der Waals surface area contributed by atoms with E-state index in [0.717, 1.165) is 29.3 Å². The average molecular weight is 525 g/mol. The Bertz CT molecular complexity index is 1340. The summed E-state index contributed by atoms with van der Waals surface area (Å²) in [4.78, 5) is 17.2. The zero-order valence-electron chi connectivity index (χ0n) is 21.2. The molecule has 3 heterocycles. The number of hydrogen-bond acceptors (Lipinski definition) is 6. The summed E-state index contributed by atoms with van der Waals surface area (Å²) in [7, 11) is 1.47. The Morgan fingerprint density at radius 2 is 2.00 bits per heavy atom. The van der Waals surface area contributed by atoms with E-state index in [4.69, 9.17) is 9.47 Å². The van der Waals surface area contributed by atoms with Crippen LogP contribution in [0.5, 0.6) is 11.6 Å². The second-order valence-electron chi connectivity index (χ2n) is 10.00. The van der Waals surface area contributed by atoms with E-state index in [2.05, 4.69) is 4.98 Å². The van der Waals surface area contributed by atoms with Crippen LogP contribution >= 0.6 is 0 Å². The SMILES string of the molecule is COc1cc(-c2ccc(C3CCc4ccc([C@H](O)[C@H](C)C(=O)O)cc4O3)cc2CN2CC(F)C2)c(F)cn1. The number of ether oxygens (including phenoxy) is 2. The molecule has 0 bridgehead atoms. The minimum Gasteiger partial charge on any atom is -0.485 e. The van der Waals surface area contributed by atoms with Crippen molar-refractivity contribution >= 4 is 5.97 Å². The molecule has 1 aromatic heterocycles. The Hall–Kier alpha value is -3.56. The van der Waals surface area contributed by atoms with E-state index >= 15 is 0 Å². The van der Waals surface area contributed by atoms with Crippen molar-refractivity contribution in [2.45, 2.75) is 44.7 Å². The number of alkyl halides is 1. The van der Waals surface area contributed by atoms with Crippen LogP contribution in [0.3, 0.4) is 0 Å². The number of aliphatic hydroxyl groups is 1. The van der Waals surface area contributed by atoms with Crippen LogP contribution in [0.1, 0.15) is 47.8 Å². The third-order valence-electron chi connectivity index (χ3n) is 7.38. The maximum Gasteiger partial charge on any atom is 0.309 e. The molecule has 0 aliphatic carbocycles. The van der Waals surface area contributed by atoms with Gasteiger partial charge in [0.2, 0.25) is 5.88 Å². The molecule has 3 atom stereocenters. The Labute approximate surface area is 219 Å². The summed E-state index contributed by atoms with van der Waals surface area (Å²) in [6.45, 7) is 2.59. The number of nitrogens with zero attached hydrogens (tertiary/aromatic N) is 2. The predicted octanol–water partition coefficient (Wildman–Crippen LogP) is 4.87. The van der Waals surface area contributed by atoms with Gasteiger partial charge in [-0.2, -0.15) is 0 Å². The lowest BCUT2D eigenvalue weighted by Gasteiger charge is -2.35. The number of aromatic nitrogens is 1. The lowest BCUT2D eigenvalue weighted by atomic mass is 9.90. The molecule has 0 amide bonds. The van der Waals surface area contributed by atoms with Gasteiger partial charge in [-0.3, -0.25) is 9.69 Å². The summed E-state index contributed by atoms with van der Waals surface area (Å²) >= 11 is 0. The van der Waals surface area contributed by atoms with Crippen molar-refractivity contribution in [2.75, 3.05) is 20.2 Å². The largest absolute Gasteiger partial charge is 0.485 e. The van der Waals surface area contributed by atoms with Crippen molar-refractivity contribution in [1.29, 1.82) is 0 Å². The molecule has 0 saturated carbocycles. The molecule has 0 radical (unpaired) electrons. The number of aliphatic carboxylic acids is 1. The van der Waals surface area contributed by atoms with E-state index < -0.39 is 30.0 Å². The van der Waals surface area contributed by atoms with Gasteiger partial charge in [-0.05, 0) is 53.6 Å². The number of rotatable bonds is 8. The molecular formula is C29H30F2N2O5. The van der Waals surface area contributed by atoms with Crippen LogP contribution in [0.4, 0.5) is 8.78 Å². The number of carbonyl (C=O) groups is 1. The number of benzene rings is 2. The summed E-state index contributed by atoms with van der Waals surface area (Å²) in [5.74, 6) is -1.61. The number of aryl methyl sites for hydroxylation is 1. The maximum atomic E-state index is 14.8. The number of fused-ring (bicyclic) bond motifs is 1. The smallest absolute Gasteiger partial charge is 0.309 e. The Morgan fingerprint density at radius 1 is 1.21 bits per heavy atom. The summed E-state index contributed by atoms with van der Waals surface area (Å²) in [6, 6.07) is 12.6. The zero-order valence-corrected chi connectivity index (χ0v) is 21.2. The number of methoxy groups -OCH3 is 1. The molecule has 1 unspecified atom stereocenters. The van der Waals surface area contributed by atoms with Crippen LogP contribution in [-0.4, -0.2) is 52.4 Å². The fourth-order valence-corrected chi connectivity index (χ4v) is 5.05. The minimum absolute atomic E-state index is 0.290. The molecule has 9 heteroatoms. The number of likely N-dealkylation sites (tertiary alicyclic amines) is 1. The fourth-order valence-electron chi connectivity index (χ4n) is 5.05. The van der Waals surface area contributed by atoms with Gasteiger partial charge in [-0.1, -0.05) is 30.3 Å². The molecule has 2 aliphatic heterocycles. The van der Waals surface area contributed by atoms with E-state index in [1.54, 1.807) is 18.2 Å². The molecule has 200 valence electrons. The highest BCUT2D eigenvalue weighted by atomic mass is 19.1. The van der Waals surface area contributed by atoms with Gasteiger partial charge >= 0.3 is 5.97 Å². The van der Waals surface area contributed by atoms with E-state index in [1.807, 2.05) is 29.2 Å². The van der Waals surface area contributed by atoms with Crippen LogP contribution < -0.4 is 9.47 Å². The molecule has 2 aliphatic rings. The van der Waals surface area contributed by atoms with E-state index in [1.165, 1.54) is 14.0 Å². The van der Waals surface area contributed by atoms with E-state index in [0.29, 0.717) is 54.4 Å². The lowest BCUT2D eigenvalue weighted by Crippen LogP contribution is -2.47. The molecule has 1 fully saturated rings. The Morgan fingerprint density at radius 3 is 2.71 bits per heavy atom. The van der Waals surface area contributed by atoms with Gasteiger partial charge in [-0.15, -0.1) is 0 Å². The quantitative estimate of drug-likeness (QED) is 0.434.